The second-order valence-corrected chi connectivity index (χ2v) is 16.8. The van der Waals surface area contributed by atoms with Crippen molar-refractivity contribution in [2.24, 2.45) is 34.3 Å². The van der Waals surface area contributed by atoms with E-state index in [1.165, 1.54) is 18.2 Å². The van der Waals surface area contributed by atoms with Crippen LogP contribution < -0.4 is 10.5 Å². The lowest BCUT2D eigenvalue weighted by Crippen LogP contribution is -2.69. The highest BCUT2D eigenvalue weighted by molar-refractivity contribution is 6.26. The molecule has 60 heavy (non-hydrogen) atoms. The summed E-state index contributed by atoms with van der Waals surface area (Å²) in [6.07, 6.45) is 3.83. The average molecular weight is 864 g/mol. The van der Waals surface area contributed by atoms with Crippen molar-refractivity contribution < 1.29 is 67.9 Å². The zero-order chi connectivity index (χ0) is 44.0. The summed E-state index contributed by atoms with van der Waals surface area (Å²) in [4.78, 5) is 93.8. The molecule has 9 atom stereocenters. The molecule has 4 aliphatic rings. The Bertz CT molecular complexity index is 1910. The van der Waals surface area contributed by atoms with E-state index in [0.29, 0.717) is 37.7 Å². The van der Waals surface area contributed by atoms with E-state index in [2.05, 4.69) is 9.68 Å². The first-order valence-electron chi connectivity index (χ1n) is 19.7. The van der Waals surface area contributed by atoms with Gasteiger partial charge >= 0.3 is 18.1 Å². The minimum absolute atomic E-state index is 0.00520. The fraction of sp³-hybridized carbons (Fsp3) is 0.625. The van der Waals surface area contributed by atoms with Crippen molar-refractivity contribution in [1.82, 2.24) is 0 Å². The highest BCUT2D eigenvalue weighted by Gasteiger charge is 2.76. The maximum Gasteiger partial charge on any atom is 0.514 e. The monoisotopic (exact) mass is 863 g/mol. The topological polar surface area (TPSA) is 273 Å². The molecule has 328 valence electrons. The van der Waals surface area contributed by atoms with Gasteiger partial charge in [0.05, 0.1) is 30.8 Å². The number of alkyl halides is 1. The number of hydrogen-bond acceptors (Lipinski definition) is 17. The predicted molar refractivity (Wildman–Crippen MR) is 207 cm³/mol. The largest absolute Gasteiger partial charge is 0.514 e. The number of ketones is 2. The standard InChI is InChI=1S/C40H50ClN3O16/c1-24-19-30-29-13-10-26-21-27(45)14-15-37(26,2)39(29,41)32(46)22-38(30,3)40(24,60-34(48)7-6-18-58-44(53)54)33(47)23-56-36(50)59-28-11-8-25(9-12-28)20-31(42)35(49)55-16-4-5-17-57-43(51)52/h8-9,11-12,14-15,21,24,29-32,46H,4-7,10,13,16-20,22-23,42H2,1-3H3/t24-,29?,30?,31-,32-,37-,38-,39-,40-/m0/s1. The number of allylic oxidation sites excluding steroid dienone is 4. The Morgan fingerprint density at radius 1 is 0.983 bits per heavy atom. The number of fused-ring (bicyclic) bond motifs is 5. The molecule has 3 fully saturated rings. The zero-order valence-electron chi connectivity index (χ0n) is 33.5. The summed E-state index contributed by atoms with van der Waals surface area (Å²) in [5.41, 5.74) is 3.33. The van der Waals surface area contributed by atoms with Crippen LogP contribution in [0.4, 0.5) is 4.79 Å². The summed E-state index contributed by atoms with van der Waals surface area (Å²) in [5.74, 6) is -3.85. The van der Waals surface area contributed by atoms with Gasteiger partial charge in [0.1, 0.15) is 11.8 Å². The Labute approximate surface area is 350 Å². The van der Waals surface area contributed by atoms with Crippen LogP contribution in [0.2, 0.25) is 0 Å². The summed E-state index contributed by atoms with van der Waals surface area (Å²) in [6, 6.07) is 4.94. The van der Waals surface area contributed by atoms with Crippen LogP contribution >= 0.6 is 11.6 Å². The number of halogens is 1. The molecule has 4 aliphatic carbocycles. The van der Waals surface area contributed by atoms with Crippen molar-refractivity contribution >= 4 is 41.3 Å². The number of carbonyl (C=O) groups is 5. The molecule has 3 saturated carbocycles. The van der Waals surface area contributed by atoms with Gasteiger partial charge in [0, 0.05) is 23.2 Å². The molecule has 0 amide bonds. The van der Waals surface area contributed by atoms with E-state index in [0.717, 1.165) is 5.57 Å². The smallest absolute Gasteiger partial charge is 0.465 e. The summed E-state index contributed by atoms with van der Waals surface area (Å²) in [7, 11) is 0. The maximum absolute atomic E-state index is 14.6. The second-order valence-electron chi connectivity index (χ2n) is 16.2. The number of esters is 2. The van der Waals surface area contributed by atoms with Crippen LogP contribution in [0, 0.1) is 48.8 Å². The van der Waals surface area contributed by atoms with Crippen molar-refractivity contribution in [3.8, 4) is 5.75 Å². The van der Waals surface area contributed by atoms with Crippen molar-refractivity contribution in [2.75, 3.05) is 26.4 Å². The molecular formula is C40H50ClN3O16. The lowest BCUT2D eigenvalue weighted by molar-refractivity contribution is -0.757. The first-order chi connectivity index (χ1) is 28.3. The van der Waals surface area contributed by atoms with Crippen LogP contribution in [0.15, 0.2) is 48.1 Å². The number of aliphatic hydroxyl groups excluding tert-OH is 1. The van der Waals surface area contributed by atoms with Crippen molar-refractivity contribution in [2.45, 2.75) is 101 Å². The lowest BCUT2D eigenvalue weighted by atomic mass is 9.45. The summed E-state index contributed by atoms with van der Waals surface area (Å²) in [5, 5.41) is 31.1. The van der Waals surface area contributed by atoms with E-state index in [4.69, 9.17) is 36.3 Å². The summed E-state index contributed by atoms with van der Waals surface area (Å²) in [6.45, 7) is 4.02. The minimum atomic E-state index is -1.93. The molecule has 0 radical (unpaired) electrons. The van der Waals surface area contributed by atoms with Crippen molar-refractivity contribution in [3.63, 3.8) is 0 Å². The minimum Gasteiger partial charge on any atom is -0.465 e. The van der Waals surface area contributed by atoms with Crippen LogP contribution in [0.3, 0.4) is 0 Å². The van der Waals surface area contributed by atoms with Crippen LogP contribution in [0.5, 0.6) is 5.75 Å². The quantitative estimate of drug-likeness (QED) is 0.0372. The molecular weight excluding hydrogens is 814 g/mol. The molecule has 3 N–H and O–H groups in total. The number of nitrogens with two attached hydrogens (primary N) is 1. The first-order valence-corrected chi connectivity index (χ1v) is 20.1. The van der Waals surface area contributed by atoms with Crippen LogP contribution in [-0.2, 0) is 49.5 Å². The molecule has 0 heterocycles. The molecule has 0 saturated heterocycles. The van der Waals surface area contributed by atoms with E-state index in [9.17, 15) is 49.3 Å². The molecule has 1 aromatic rings. The van der Waals surface area contributed by atoms with Gasteiger partial charge in [-0.1, -0.05) is 44.6 Å². The Balaban J connectivity index is 1.27. The van der Waals surface area contributed by atoms with Gasteiger partial charge in [-0.2, -0.15) is 0 Å². The highest BCUT2D eigenvalue weighted by atomic mass is 35.5. The zero-order valence-corrected chi connectivity index (χ0v) is 34.3. The predicted octanol–water partition coefficient (Wildman–Crippen LogP) is 4.33. The number of Topliss-reactive ketones (excluding diaryl/α,β-unsaturated/α-hetero) is 1. The van der Waals surface area contributed by atoms with E-state index in [-0.39, 0.29) is 63.0 Å². The van der Waals surface area contributed by atoms with Crippen molar-refractivity contribution in [1.29, 1.82) is 0 Å². The van der Waals surface area contributed by atoms with Crippen LogP contribution in [-0.4, -0.2) is 94.0 Å². The number of ether oxygens (including phenoxy) is 4. The van der Waals surface area contributed by atoms with Gasteiger partial charge in [0.2, 0.25) is 5.78 Å². The molecule has 0 aliphatic heterocycles. The van der Waals surface area contributed by atoms with Gasteiger partial charge in [-0.05, 0) is 93.1 Å². The van der Waals surface area contributed by atoms with Gasteiger partial charge in [-0.25, -0.2) is 4.79 Å². The van der Waals surface area contributed by atoms with Gasteiger partial charge in [-0.3, -0.25) is 19.2 Å². The molecule has 0 spiro atoms. The summed E-state index contributed by atoms with van der Waals surface area (Å²) < 4.78 is 21.9. The molecule has 20 heteroatoms. The SMILES string of the molecule is C[C@H]1CC2C3CCC4=CC(=O)C=C[C@]4(C)[C@@]3(Cl)[C@@H](O)C[C@]2(C)[C@@]1(OC(=O)CCCO[N+](=O)[O-])C(=O)COC(=O)Oc1ccc(C[C@H](N)C(=O)OCCCCO[N+](=O)[O-])cc1. The highest BCUT2D eigenvalue weighted by Crippen LogP contribution is 2.72. The Morgan fingerprint density at radius 3 is 2.30 bits per heavy atom. The van der Waals surface area contributed by atoms with Gasteiger partial charge < -0.3 is 39.5 Å². The third-order valence-corrected chi connectivity index (χ3v) is 13.7. The molecule has 5 rings (SSSR count). The second kappa shape index (κ2) is 18.6. The fourth-order valence-corrected chi connectivity index (χ4v) is 10.5. The molecule has 0 aromatic heterocycles. The molecule has 19 nitrogen and oxygen atoms in total. The summed E-state index contributed by atoms with van der Waals surface area (Å²) >= 11 is 7.58. The van der Waals surface area contributed by atoms with E-state index in [1.54, 1.807) is 38.1 Å². The van der Waals surface area contributed by atoms with Gasteiger partial charge in [-0.15, -0.1) is 31.8 Å². The third kappa shape index (κ3) is 9.12. The van der Waals surface area contributed by atoms with Crippen LogP contribution in [0.25, 0.3) is 0 Å². The van der Waals surface area contributed by atoms with Gasteiger partial charge in [0.15, 0.2) is 18.0 Å². The first kappa shape index (κ1) is 45.9. The number of hydrogen-bond donors (Lipinski definition) is 2. The van der Waals surface area contributed by atoms with Crippen LogP contribution in [0.1, 0.15) is 77.7 Å². The average Bonchev–Trinajstić information content (AvgIpc) is 3.40. The normalized spacial score (nSPS) is 30.6. The van der Waals surface area contributed by atoms with Crippen molar-refractivity contribution in [3.05, 3.63) is 73.9 Å². The number of aliphatic hydroxyl groups is 1. The number of rotatable bonds is 19. The molecule has 1 aromatic carbocycles. The number of benzene rings is 1. The fourth-order valence-electron chi connectivity index (χ4n) is 10.00. The molecule has 0 bridgehead atoms. The Morgan fingerprint density at radius 2 is 1.63 bits per heavy atom. The Kier molecular flexibility index (Phi) is 14.3. The van der Waals surface area contributed by atoms with E-state index < -0.39 is 85.9 Å². The van der Waals surface area contributed by atoms with E-state index >= 15 is 0 Å². The van der Waals surface area contributed by atoms with E-state index in [1.807, 2.05) is 6.92 Å². The van der Waals surface area contributed by atoms with Gasteiger partial charge in [0.25, 0.3) is 10.2 Å². The maximum atomic E-state index is 14.6. The third-order valence-electron chi connectivity index (χ3n) is 12.8. The Hall–Kier alpha value is -5.14. The number of carbonyl (C=O) groups excluding carboxylic acids is 5. The molecule has 2 unspecified atom stereocenters. The number of unbranched alkanes of at least 4 members (excludes halogenated alkanes) is 1. The number of nitrogens with zero attached hydrogens (tertiary/aromatic N) is 2. The lowest BCUT2D eigenvalue weighted by Gasteiger charge is -2.64.